The first kappa shape index (κ1) is 12.7. The van der Waals surface area contributed by atoms with Gasteiger partial charge in [-0.3, -0.25) is 4.99 Å². The maximum atomic E-state index is 4.60. The number of rotatable bonds is 3. The number of thioether (sulfide) groups is 1. The van der Waals surface area contributed by atoms with E-state index in [2.05, 4.69) is 46.5 Å². The highest BCUT2D eigenvalue weighted by Gasteiger charge is 2.21. The van der Waals surface area contributed by atoms with Crippen LogP contribution in [0.2, 0.25) is 0 Å². The molecule has 98 valence electrons. The van der Waals surface area contributed by atoms with Crippen molar-refractivity contribution < 1.29 is 0 Å². The highest BCUT2D eigenvalue weighted by atomic mass is 32.2. The number of nitrogens with zero attached hydrogens (tertiary/aromatic N) is 2. The van der Waals surface area contributed by atoms with Gasteiger partial charge < -0.3 is 5.32 Å². The molecule has 0 spiro atoms. The summed E-state index contributed by atoms with van der Waals surface area (Å²) in [6.07, 6.45) is 1.90. The van der Waals surface area contributed by atoms with E-state index in [4.69, 9.17) is 0 Å². The van der Waals surface area contributed by atoms with Crippen molar-refractivity contribution in [3.63, 3.8) is 0 Å². The van der Waals surface area contributed by atoms with Gasteiger partial charge in [0.05, 0.1) is 12.6 Å². The van der Waals surface area contributed by atoms with Crippen LogP contribution in [0.3, 0.4) is 0 Å². The molecule has 0 saturated carbocycles. The normalized spacial score (nSPS) is 20.7. The standard InChI is InChI=1S/C14H15N3S2/c1-10-7-15-13(19-10)8-16-14-17-12(9-18-14)11-5-3-2-4-6-11/h2-7,12H,8-9H2,1H3,(H,16,17). The van der Waals surface area contributed by atoms with E-state index in [1.54, 1.807) is 23.1 Å². The van der Waals surface area contributed by atoms with E-state index in [9.17, 15) is 0 Å². The van der Waals surface area contributed by atoms with Crippen LogP contribution in [0, 0.1) is 6.92 Å². The third-order valence-electron chi connectivity index (χ3n) is 2.91. The molecule has 2 heterocycles. The molecule has 5 heteroatoms. The molecular weight excluding hydrogens is 274 g/mol. The van der Waals surface area contributed by atoms with Gasteiger partial charge in [-0.2, -0.15) is 0 Å². The van der Waals surface area contributed by atoms with Crippen molar-refractivity contribution in [3.8, 4) is 0 Å². The number of aliphatic imine (C=N–C) groups is 1. The highest BCUT2D eigenvalue weighted by Crippen LogP contribution is 2.26. The quantitative estimate of drug-likeness (QED) is 0.941. The SMILES string of the molecule is Cc1cnc(CN=C2NC(c3ccccc3)CS2)s1. The monoisotopic (exact) mass is 289 g/mol. The predicted octanol–water partition coefficient (Wildman–Crippen LogP) is 3.39. The number of benzene rings is 1. The first-order chi connectivity index (χ1) is 9.31. The molecule has 1 aliphatic heterocycles. The van der Waals surface area contributed by atoms with Crippen LogP contribution >= 0.6 is 23.1 Å². The van der Waals surface area contributed by atoms with Crippen molar-refractivity contribution in [2.75, 3.05) is 5.75 Å². The summed E-state index contributed by atoms with van der Waals surface area (Å²) in [6, 6.07) is 10.9. The number of hydrogen-bond acceptors (Lipinski definition) is 4. The Hall–Kier alpha value is -1.33. The lowest BCUT2D eigenvalue weighted by Gasteiger charge is -2.09. The number of nitrogens with one attached hydrogen (secondary N) is 1. The Bertz CT molecular complexity index is 577. The fourth-order valence-electron chi connectivity index (χ4n) is 1.96. The van der Waals surface area contributed by atoms with E-state index in [0.29, 0.717) is 12.6 Å². The zero-order valence-electron chi connectivity index (χ0n) is 10.7. The van der Waals surface area contributed by atoms with Crippen LogP contribution in [0.25, 0.3) is 0 Å². The van der Waals surface area contributed by atoms with E-state index < -0.39 is 0 Å². The Labute approximate surface area is 121 Å². The van der Waals surface area contributed by atoms with Gasteiger partial charge in [-0.1, -0.05) is 42.1 Å². The van der Waals surface area contributed by atoms with Gasteiger partial charge in [0.15, 0.2) is 5.17 Å². The molecule has 3 nitrogen and oxygen atoms in total. The van der Waals surface area contributed by atoms with E-state index in [0.717, 1.165) is 15.9 Å². The minimum atomic E-state index is 0.378. The molecule has 19 heavy (non-hydrogen) atoms. The zero-order chi connectivity index (χ0) is 13.1. The Morgan fingerprint density at radius 1 is 1.37 bits per heavy atom. The smallest absolute Gasteiger partial charge is 0.157 e. The summed E-state index contributed by atoms with van der Waals surface area (Å²) in [5.41, 5.74) is 1.32. The molecule has 1 aliphatic rings. The Morgan fingerprint density at radius 3 is 2.95 bits per heavy atom. The lowest BCUT2D eigenvalue weighted by Crippen LogP contribution is -2.19. The van der Waals surface area contributed by atoms with Crippen LogP contribution < -0.4 is 5.32 Å². The van der Waals surface area contributed by atoms with Crippen molar-refractivity contribution in [1.82, 2.24) is 10.3 Å². The summed E-state index contributed by atoms with van der Waals surface area (Å²) in [7, 11) is 0. The van der Waals surface area contributed by atoms with Crippen LogP contribution in [-0.2, 0) is 6.54 Å². The van der Waals surface area contributed by atoms with Gasteiger partial charge in [-0.15, -0.1) is 11.3 Å². The molecule has 1 aromatic heterocycles. The Balaban J connectivity index is 1.62. The second kappa shape index (κ2) is 5.75. The molecule has 0 bridgehead atoms. The summed E-state index contributed by atoms with van der Waals surface area (Å²) in [4.78, 5) is 10.2. The largest absolute Gasteiger partial charge is 0.357 e. The number of aromatic nitrogens is 1. The van der Waals surface area contributed by atoms with Gasteiger partial charge in [0.2, 0.25) is 0 Å². The summed E-state index contributed by atoms with van der Waals surface area (Å²) < 4.78 is 0. The topological polar surface area (TPSA) is 37.3 Å². The molecule has 0 aliphatic carbocycles. The third-order valence-corrected chi connectivity index (χ3v) is 4.83. The van der Waals surface area contributed by atoms with Crippen LogP contribution in [0.5, 0.6) is 0 Å². The van der Waals surface area contributed by atoms with Crippen molar-refractivity contribution in [2.45, 2.75) is 19.5 Å². The first-order valence-electron chi connectivity index (χ1n) is 6.21. The molecule has 1 aromatic carbocycles. The molecule has 1 fully saturated rings. The molecule has 1 N–H and O–H groups in total. The first-order valence-corrected chi connectivity index (χ1v) is 8.01. The number of aryl methyl sites for hydroxylation is 1. The molecule has 2 aromatic rings. The van der Waals surface area contributed by atoms with Gasteiger partial charge in [-0.05, 0) is 12.5 Å². The average molecular weight is 289 g/mol. The lowest BCUT2D eigenvalue weighted by molar-refractivity contribution is 0.748. The van der Waals surface area contributed by atoms with Crippen molar-refractivity contribution in [3.05, 3.63) is 52.0 Å². The van der Waals surface area contributed by atoms with E-state index in [1.807, 2.05) is 12.3 Å². The predicted molar refractivity (Wildman–Crippen MR) is 82.8 cm³/mol. The van der Waals surface area contributed by atoms with Gasteiger partial charge in [0, 0.05) is 16.8 Å². The molecular formula is C14H15N3S2. The summed E-state index contributed by atoms with van der Waals surface area (Å²) in [5.74, 6) is 1.04. The average Bonchev–Trinajstić information content (AvgIpc) is 3.06. The number of hydrogen-bond donors (Lipinski definition) is 1. The minimum absolute atomic E-state index is 0.378. The molecule has 0 radical (unpaired) electrons. The van der Waals surface area contributed by atoms with Crippen molar-refractivity contribution in [1.29, 1.82) is 0 Å². The van der Waals surface area contributed by atoms with Gasteiger partial charge in [-0.25, -0.2) is 4.98 Å². The van der Waals surface area contributed by atoms with E-state index >= 15 is 0 Å². The van der Waals surface area contributed by atoms with Gasteiger partial charge in [0.1, 0.15) is 5.01 Å². The second-order valence-electron chi connectivity index (χ2n) is 4.40. The lowest BCUT2D eigenvalue weighted by atomic mass is 10.1. The number of thiazole rings is 1. The van der Waals surface area contributed by atoms with Crippen molar-refractivity contribution in [2.24, 2.45) is 4.99 Å². The third kappa shape index (κ3) is 3.16. The molecule has 0 amide bonds. The second-order valence-corrected chi connectivity index (χ2v) is 6.73. The summed E-state index contributed by atoms with van der Waals surface area (Å²) in [5, 5.41) is 5.58. The minimum Gasteiger partial charge on any atom is -0.357 e. The van der Waals surface area contributed by atoms with Gasteiger partial charge >= 0.3 is 0 Å². The van der Waals surface area contributed by atoms with Gasteiger partial charge in [0.25, 0.3) is 0 Å². The summed E-state index contributed by atoms with van der Waals surface area (Å²) >= 11 is 3.50. The molecule has 1 saturated heterocycles. The van der Waals surface area contributed by atoms with Crippen LogP contribution in [0.15, 0.2) is 41.5 Å². The zero-order valence-corrected chi connectivity index (χ0v) is 12.3. The fraction of sp³-hybridized carbons (Fsp3) is 0.286. The van der Waals surface area contributed by atoms with Crippen LogP contribution in [0.4, 0.5) is 0 Å². The molecule has 1 unspecified atom stereocenters. The molecule has 1 atom stereocenters. The fourth-order valence-corrected chi connectivity index (χ4v) is 3.66. The number of amidine groups is 1. The Morgan fingerprint density at radius 2 is 2.21 bits per heavy atom. The van der Waals surface area contributed by atoms with Crippen LogP contribution in [0.1, 0.15) is 21.5 Å². The Kier molecular flexibility index (Phi) is 3.84. The maximum absolute atomic E-state index is 4.60. The highest BCUT2D eigenvalue weighted by molar-refractivity contribution is 8.14. The van der Waals surface area contributed by atoms with Crippen LogP contribution in [-0.4, -0.2) is 15.9 Å². The molecule has 3 rings (SSSR count). The summed E-state index contributed by atoms with van der Waals surface area (Å²) in [6.45, 7) is 2.75. The maximum Gasteiger partial charge on any atom is 0.157 e. The van der Waals surface area contributed by atoms with E-state index in [-0.39, 0.29) is 0 Å². The van der Waals surface area contributed by atoms with E-state index in [1.165, 1.54) is 10.4 Å². The van der Waals surface area contributed by atoms with Crippen molar-refractivity contribution >= 4 is 28.3 Å².